The normalized spacial score (nSPS) is 21.2. The molecule has 0 bridgehead atoms. The van der Waals surface area contributed by atoms with Crippen molar-refractivity contribution in [3.8, 4) is 5.75 Å². The Hall–Kier alpha value is -1.06. The molecule has 1 heterocycles. The number of rotatable bonds is 7. The number of benzene rings is 1. The quantitative estimate of drug-likeness (QED) is 0.830. The SMILES string of the molecule is CCC(c1ccc(OC)cc1)N1CCCCC1CCNC. The maximum Gasteiger partial charge on any atom is 0.118 e. The van der Waals surface area contributed by atoms with Crippen molar-refractivity contribution in [3.05, 3.63) is 29.8 Å². The average molecular weight is 290 g/mol. The maximum atomic E-state index is 5.28. The Morgan fingerprint density at radius 2 is 2.05 bits per heavy atom. The van der Waals surface area contributed by atoms with Crippen molar-refractivity contribution in [2.75, 3.05) is 27.2 Å². The summed E-state index contributed by atoms with van der Waals surface area (Å²) in [6, 6.07) is 9.90. The van der Waals surface area contributed by atoms with E-state index in [9.17, 15) is 0 Å². The molecule has 1 saturated heterocycles. The van der Waals surface area contributed by atoms with Crippen LogP contribution in [0.3, 0.4) is 0 Å². The lowest BCUT2D eigenvalue weighted by Gasteiger charge is -2.41. The Balaban J connectivity index is 2.12. The van der Waals surface area contributed by atoms with E-state index >= 15 is 0 Å². The molecule has 2 unspecified atom stereocenters. The van der Waals surface area contributed by atoms with Crippen LogP contribution in [0.5, 0.6) is 5.75 Å². The van der Waals surface area contributed by atoms with Crippen LogP contribution < -0.4 is 10.1 Å². The van der Waals surface area contributed by atoms with Crippen LogP contribution in [0.2, 0.25) is 0 Å². The molecule has 0 aromatic heterocycles. The number of hydrogen-bond acceptors (Lipinski definition) is 3. The molecule has 1 N–H and O–H groups in total. The van der Waals surface area contributed by atoms with Crippen LogP contribution in [-0.2, 0) is 0 Å². The zero-order chi connectivity index (χ0) is 15.1. The van der Waals surface area contributed by atoms with E-state index in [1.54, 1.807) is 7.11 Å². The molecule has 2 atom stereocenters. The highest BCUT2D eigenvalue weighted by molar-refractivity contribution is 5.29. The third-order valence-corrected chi connectivity index (χ3v) is 4.69. The average Bonchev–Trinajstić information content (AvgIpc) is 2.55. The largest absolute Gasteiger partial charge is 0.497 e. The Morgan fingerprint density at radius 1 is 1.29 bits per heavy atom. The fourth-order valence-corrected chi connectivity index (χ4v) is 3.54. The molecule has 118 valence electrons. The number of nitrogens with zero attached hydrogens (tertiary/aromatic N) is 1. The first-order chi connectivity index (χ1) is 10.3. The second-order valence-corrected chi connectivity index (χ2v) is 5.98. The molecule has 3 nitrogen and oxygen atoms in total. The number of nitrogens with one attached hydrogen (secondary N) is 1. The monoisotopic (exact) mass is 290 g/mol. The lowest BCUT2D eigenvalue weighted by molar-refractivity contribution is 0.0860. The van der Waals surface area contributed by atoms with Crippen molar-refractivity contribution in [1.82, 2.24) is 10.2 Å². The van der Waals surface area contributed by atoms with Crippen LogP contribution in [0, 0.1) is 0 Å². The van der Waals surface area contributed by atoms with Gasteiger partial charge in [-0.05, 0) is 63.5 Å². The number of likely N-dealkylation sites (tertiary alicyclic amines) is 1. The van der Waals surface area contributed by atoms with Gasteiger partial charge in [0.1, 0.15) is 5.75 Å². The molecule has 0 spiro atoms. The summed E-state index contributed by atoms with van der Waals surface area (Å²) in [5, 5.41) is 3.30. The molecule has 1 aliphatic heterocycles. The molecule has 0 aliphatic carbocycles. The predicted molar refractivity (Wildman–Crippen MR) is 88.9 cm³/mol. The Morgan fingerprint density at radius 3 is 2.67 bits per heavy atom. The molecule has 2 rings (SSSR count). The summed E-state index contributed by atoms with van der Waals surface area (Å²) in [4.78, 5) is 2.74. The first-order valence-electron chi connectivity index (χ1n) is 8.34. The van der Waals surface area contributed by atoms with Crippen LogP contribution >= 0.6 is 0 Å². The van der Waals surface area contributed by atoms with Gasteiger partial charge < -0.3 is 10.1 Å². The standard InChI is InChI=1S/C18H30N2O/c1-4-18(15-8-10-17(21-3)11-9-15)20-14-6-5-7-16(20)12-13-19-2/h8-11,16,18-19H,4-7,12-14H2,1-3H3. The number of hydrogen-bond donors (Lipinski definition) is 1. The lowest BCUT2D eigenvalue weighted by Crippen LogP contribution is -2.43. The summed E-state index contributed by atoms with van der Waals surface area (Å²) in [6.07, 6.45) is 6.48. The third kappa shape index (κ3) is 4.21. The summed E-state index contributed by atoms with van der Waals surface area (Å²) in [5.74, 6) is 0.944. The third-order valence-electron chi connectivity index (χ3n) is 4.69. The Bertz CT molecular complexity index is 404. The summed E-state index contributed by atoms with van der Waals surface area (Å²) >= 11 is 0. The molecule has 1 aliphatic rings. The summed E-state index contributed by atoms with van der Waals surface area (Å²) in [6.45, 7) is 4.65. The van der Waals surface area contributed by atoms with E-state index in [2.05, 4.69) is 41.4 Å². The Kier molecular flexibility index (Phi) is 6.52. The fraction of sp³-hybridized carbons (Fsp3) is 0.667. The molecular formula is C18H30N2O. The van der Waals surface area contributed by atoms with Gasteiger partial charge in [0.2, 0.25) is 0 Å². The molecule has 1 aromatic carbocycles. The molecule has 1 aromatic rings. The van der Waals surface area contributed by atoms with Crippen molar-refractivity contribution in [2.24, 2.45) is 0 Å². The zero-order valence-electron chi connectivity index (χ0n) is 13.8. The summed E-state index contributed by atoms with van der Waals surface area (Å²) in [7, 11) is 3.78. The van der Waals surface area contributed by atoms with Gasteiger partial charge in [-0.3, -0.25) is 4.90 Å². The van der Waals surface area contributed by atoms with Gasteiger partial charge in [-0.1, -0.05) is 25.5 Å². The highest BCUT2D eigenvalue weighted by Crippen LogP contribution is 2.32. The van der Waals surface area contributed by atoms with Crippen molar-refractivity contribution in [1.29, 1.82) is 0 Å². The number of piperidine rings is 1. The molecule has 21 heavy (non-hydrogen) atoms. The van der Waals surface area contributed by atoms with E-state index in [-0.39, 0.29) is 0 Å². The van der Waals surface area contributed by atoms with Gasteiger partial charge in [0.15, 0.2) is 0 Å². The number of methoxy groups -OCH3 is 1. The van der Waals surface area contributed by atoms with Gasteiger partial charge in [-0.2, -0.15) is 0 Å². The van der Waals surface area contributed by atoms with E-state index in [0.717, 1.165) is 18.3 Å². The lowest BCUT2D eigenvalue weighted by atomic mass is 9.93. The first kappa shape index (κ1) is 16.3. The van der Waals surface area contributed by atoms with Crippen LogP contribution in [0.1, 0.15) is 50.6 Å². The molecule has 0 saturated carbocycles. The molecular weight excluding hydrogens is 260 g/mol. The van der Waals surface area contributed by atoms with Gasteiger partial charge in [0.25, 0.3) is 0 Å². The van der Waals surface area contributed by atoms with Crippen molar-refractivity contribution < 1.29 is 4.74 Å². The van der Waals surface area contributed by atoms with Crippen molar-refractivity contribution >= 4 is 0 Å². The predicted octanol–water partition coefficient (Wildman–Crippen LogP) is 3.61. The zero-order valence-corrected chi connectivity index (χ0v) is 13.8. The smallest absolute Gasteiger partial charge is 0.118 e. The minimum absolute atomic E-state index is 0.540. The highest BCUT2D eigenvalue weighted by Gasteiger charge is 2.28. The second kappa shape index (κ2) is 8.40. The van der Waals surface area contributed by atoms with Gasteiger partial charge in [-0.15, -0.1) is 0 Å². The topological polar surface area (TPSA) is 24.5 Å². The molecule has 0 radical (unpaired) electrons. The summed E-state index contributed by atoms with van der Waals surface area (Å²) in [5.41, 5.74) is 1.43. The van der Waals surface area contributed by atoms with Gasteiger partial charge in [-0.25, -0.2) is 0 Å². The number of ether oxygens (including phenoxy) is 1. The molecule has 3 heteroatoms. The van der Waals surface area contributed by atoms with E-state index in [1.165, 1.54) is 44.2 Å². The van der Waals surface area contributed by atoms with E-state index in [4.69, 9.17) is 4.74 Å². The van der Waals surface area contributed by atoms with E-state index in [0.29, 0.717) is 6.04 Å². The maximum absolute atomic E-state index is 5.28. The summed E-state index contributed by atoms with van der Waals surface area (Å²) < 4.78 is 5.28. The van der Waals surface area contributed by atoms with Crippen LogP contribution in [0.15, 0.2) is 24.3 Å². The minimum Gasteiger partial charge on any atom is -0.497 e. The van der Waals surface area contributed by atoms with Gasteiger partial charge in [0, 0.05) is 12.1 Å². The highest BCUT2D eigenvalue weighted by atomic mass is 16.5. The van der Waals surface area contributed by atoms with Crippen molar-refractivity contribution in [2.45, 2.75) is 51.1 Å². The van der Waals surface area contributed by atoms with E-state index in [1.807, 2.05) is 7.05 Å². The van der Waals surface area contributed by atoms with Crippen LogP contribution in [-0.4, -0.2) is 38.2 Å². The van der Waals surface area contributed by atoms with E-state index < -0.39 is 0 Å². The van der Waals surface area contributed by atoms with Crippen LogP contribution in [0.4, 0.5) is 0 Å². The molecule has 1 fully saturated rings. The van der Waals surface area contributed by atoms with Crippen molar-refractivity contribution in [3.63, 3.8) is 0 Å². The van der Waals surface area contributed by atoms with Gasteiger partial charge >= 0.3 is 0 Å². The fourth-order valence-electron chi connectivity index (χ4n) is 3.54. The Labute approximate surface area is 129 Å². The van der Waals surface area contributed by atoms with Gasteiger partial charge in [0.05, 0.1) is 7.11 Å². The molecule has 0 amide bonds. The first-order valence-corrected chi connectivity index (χ1v) is 8.34. The minimum atomic E-state index is 0.540. The van der Waals surface area contributed by atoms with Crippen LogP contribution in [0.25, 0.3) is 0 Å². The second-order valence-electron chi connectivity index (χ2n) is 5.98.